The van der Waals surface area contributed by atoms with E-state index in [1.807, 2.05) is 20.0 Å². The van der Waals surface area contributed by atoms with E-state index in [9.17, 15) is 0 Å². The van der Waals surface area contributed by atoms with Crippen LogP contribution < -0.4 is 10.2 Å². The standard InChI is InChI=1S/C13H21N7/c1-5-14-12-16-11(10-8-9-15-19(10)4)17-13(18-12)20(6-2)7-3/h8-9H,5-7H2,1-4H3,(H,14,16,17,18). The Bertz CT molecular complexity index is 560. The van der Waals surface area contributed by atoms with Crippen LogP contribution in [0.5, 0.6) is 0 Å². The molecule has 2 aromatic heterocycles. The molecular weight excluding hydrogens is 254 g/mol. The summed E-state index contributed by atoms with van der Waals surface area (Å²) in [5.41, 5.74) is 0.875. The van der Waals surface area contributed by atoms with Crippen LogP contribution in [0, 0.1) is 0 Å². The first-order valence-corrected chi connectivity index (χ1v) is 6.92. The second-order valence-electron chi connectivity index (χ2n) is 4.33. The van der Waals surface area contributed by atoms with Gasteiger partial charge in [-0.2, -0.15) is 20.1 Å². The predicted octanol–water partition coefficient (Wildman–Crippen LogP) is 1.55. The Kier molecular flexibility index (Phi) is 4.49. The Labute approximate surface area is 119 Å². The first-order valence-electron chi connectivity index (χ1n) is 6.92. The molecule has 2 heterocycles. The van der Waals surface area contributed by atoms with Crippen molar-refractivity contribution in [1.82, 2.24) is 24.7 Å². The molecule has 0 aliphatic heterocycles. The fourth-order valence-electron chi connectivity index (χ4n) is 1.96. The summed E-state index contributed by atoms with van der Waals surface area (Å²) in [6.45, 7) is 8.68. The zero-order chi connectivity index (χ0) is 14.5. The van der Waals surface area contributed by atoms with Crippen LogP contribution in [0.25, 0.3) is 11.5 Å². The van der Waals surface area contributed by atoms with Gasteiger partial charge in [0, 0.05) is 32.9 Å². The molecule has 0 saturated carbocycles. The maximum Gasteiger partial charge on any atom is 0.230 e. The molecule has 0 fully saturated rings. The molecule has 0 saturated heterocycles. The minimum absolute atomic E-state index is 0.598. The molecule has 0 radical (unpaired) electrons. The Morgan fingerprint density at radius 3 is 2.45 bits per heavy atom. The summed E-state index contributed by atoms with van der Waals surface area (Å²) >= 11 is 0. The van der Waals surface area contributed by atoms with E-state index >= 15 is 0 Å². The van der Waals surface area contributed by atoms with Crippen LogP contribution in [0.3, 0.4) is 0 Å². The van der Waals surface area contributed by atoms with Crippen molar-refractivity contribution in [1.29, 1.82) is 0 Å². The topological polar surface area (TPSA) is 71.8 Å². The third-order valence-electron chi connectivity index (χ3n) is 3.05. The van der Waals surface area contributed by atoms with Gasteiger partial charge >= 0.3 is 0 Å². The molecule has 2 aromatic rings. The fourth-order valence-corrected chi connectivity index (χ4v) is 1.96. The molecule has 0 aliphatic carbocycles. The highest BCUT2D eigenvalue weighted by molar-refractivity contribution is 5.54. The second-order valence-corrected chi connectivity index (χ2v) is 4.33. The molecule has 7 heteroatoms. The number of anilines is 2. The van der Waals surface area contributed by atoms with E-state index in [1.54, 1.807) is 10.9 Å². The zero-order valence-corrected chi connectivity index (χ0v) is 12.5. The summed E-state index contributed by atoms with van der Waals surface area (Å²) in [5, 5.41) is 7.32. The van der Waals surface area contributed by atoms with E-state index < -0.39 is 0 Å². The average Bonchev–Trinajstić information content (AvgIpc) is 2.87. The summed E-state index contributed by atoms with van der Waals surface area (Å²) in [5.74, 6) is 1.93. The second kappa shape index (κ2) is 6.31. The Morgan fingerprint density at radius 2 is 1.90 bits per heavy atom. The quantitative estimate of drug-likeness (QED) is 0.862. The summed E-state index contributed by atoms with van der Waals surface area (Å²) in [7, 11) is 1.88. The number of aromatic nitrogens is 5. The van der Waals surface area contributed by atoms with Gasteiger partial charge in [-0.3, -0.25) is 4.68 Å². The maximum atomic E-state index is 4.56. The highest BCUT2D eigenvalue weighted by atomic mass is 15.3. The van der Waals surface area contributed by atoms with Crippen LogP contribution in [0.2, 0.25) is 0 Å². The van der Waals surface area contributed by atoms with Crippen LogP contribution >= 0.6 is 0 Å². The zero-order valence-electron chi connectivity index (χ0n) is 12.5. The third-order valence-corrected chi connectivity index (χ3v) is 3.05. The number of nitrogens with zero attached hydrogens (tertiary/aromatic N) is 6. The van der Waals surface area contributed by atoms with Gasteiger partial charge in [0.2, 0.25) is 11.9 Å². The van der Waals surface area contributed by atoms with Crippen molar-refractivity contribution < 1.29 is 0 Å². The molecule has 108 valence electrons. The molecular formula is C13H21N7. The van der Waals surface area contributed by atoms with E-state index in [-0.39, 0.29) is 0 Å². The molecule has 0 unspecified atom stereocenters. The Hall–Kier alpha value is -2.18. The van der Waals surface area contributed by atoms with E-state index in [0.717, 1.165) is 25.3 Å². The van der Waals surface area contributed by atoms with Crippen LogP contribution in [0.4, 0.5) is 11.9 Å². The lowest BCUT2D eigenvalue weighted by Gasteiger charge is -2.19. The maximum absolute atomic E-state index is 4.56. The summed E-state index contributed by atoms with van der Waals surface area (Å²) in [6.07, 6.45) is 1.74. The van der Waals surface area contributed by atoms with E-state index in [4.69, 9.17) is 0 Å². The van der Waals surface area contributed by atoms with E-state index in [2.05, 4.69) is 44.1 Å². The highest BCUT2D eigenvalue weighted by Crippen LogP contribution is 2.18. The average molecular weight is 275 g/mol. The molecule has 1 N–H and O–H groups in total. The highest BCUT2D eigenvalue weighted by Gasteiger charge is 2.14. The van der Waals surface area contributed by atoms with Crippen molar-refractivity contribution in [3.05, 3.63) is 12.3 Å². The number of nitrogens with one attached hydrogen (secondary N) is 1. The number of aryl methyl sites for hydroxylation is 1. The molecule has 2 rings (SSSR count). The van der Waals surface area contributed by atoms with Gasteiger partial charge in [0.05, 0.1) is 0 Å². The lowest BCUT2D eigenvalue weighted by molar-refractivity contribution is 0.764. The van der Waals surface area contributed by atoms with Gasteiger partial charge in [-0.05, 0) is 26.8 Å². The number of hydrogen-bond donors (Lipinski definition) is 1. The minimum atomic E-state index is 0.598. The summed E-state index contributed by atoms with van der Waals surface area (Å²) < 4.78 is 1.76. The largest absolute Gasteiger partial charge is 0.354 e. The molecule has 0 aromatic carbocycles. The van der Waals surface area contributed by atoms with Crippen molar-refractivity contribution in [2.75, 3.05) is 29.9 Å². The van der Waals surface area contributed by atoms with Crippen LogP contribution in [0.1, 0.15) is 20.8 Å². The third kappa shape index (κ3) is 2.87. The molecule has 0 bridgehead atoms. The molecule has 0 aliphatic rings. The fraction of sp³-hybridized carbons (Fsp3) is 0.538. The van der Waals surface area contributed by atoms with Gasteiger partial charge in [0.15, 0.2) is 5.82 Å². The molecule has 0 atom stereocenters. The first-order chi connectivity index (χ1) is 9.69. The lowest BCUT2D eigenvalue weighted by atomic mass is 10.4. The first kappa shape index (κ1) is 14.2. The van der Waals surface area contributed by atoms with Crippen molar-refractivity contribution in [2.45, 2.75) is 20.8 Å². The smallest absolute Gasteiger partial charge is 0.230 e. The van der Waals surface area contributed by atoms with E-state index in [0.29, 0.717) is 17.7 Å². The summed E-state index contributed by atoms with van der Waals surface area (Å²) in [4.78, 5) is 15.6. The van der Waals surface area contributed by atoms with Gasteiger partial charge in [0.1, 0.15) is 5.69 Å². The molecule has 0 amide bonds. The SMILES string of the molecule is CCNc1nc(-c2ccnn2C)nc(N(CC)CC)n1. The van der Waals surface area contributed by atoms with E-state index in [1.165, 1.54) is 0 Å². The van der Waals surface area contributed by atoms with Gasteiger partial charge in [0.25, 0.3) is 0 Å². The van der Waals surface area contributed by atoms with Gasteiger partial charge in [-0.1, -0.05) is 0 Å². The van der Waals surface area contributed by atoms with Gasteiger partial charge in [-0.15, -0.1) is 0 Å². The van der Waals surface area contributed by atoms with Crippen molar-refractivity contribution in [3.63, 3.8) is 0 Å². The van der Waals surface area contributed by atoms with Gasteiger partial charge in [-0.25, -0.2) is 0 Å². The monoisotopic (exact) mass is 275 g/mol. The normalized spacial score (nSPS) is 10.6. The Balaban J connectivity index is 2.48. The van der Waals surface area contributed by atoms with Crippen molar-refractivity contribution >= 4 is 11.9 Å². The van der Waals surface area contributed by atoms with Crippen LogP contribution in [-0.2, 0) is 7.05 Å². The predicted molar refractivity (Wildman–Crippen MR) is 79.8 cm³/mol. The molecule has 7 nitrogen and oxygen atoms in total. The number of hydrogen-bond acceptors (Lipinski definition) is 6. The van der Waals surface area contributed by atoms with Crippen LogP contribution in [0.15, 0.2) is 12.3 Å². The van der Waals surface area contributed by atoms with Crippen LogP contribution in [-0.4, -0.2) is 44.4 Å². The molecule has 0 spiro atoms. The summed E-state index contributed by atoms with van der Waals surface area (Å²) in [6, 6.07) is 1.90. The Morgan fingerprint density at radius 1 is 1.15 bits per heavy atom. The number of rotatable bonds is 6. The van der Waals surface area contributed by atoms with Crippen molar-refractivity contribution in [3.8, 4) is 11.5 Å². The minimum Gasteiger partial charge on any atom is -0.354 e. The lowest BCUT2D eigenvalue weighted by Crippen LogP contribution is -2.25. The van der Waals surface area contributed by atoms with Crippen molar-refractivity contribution in [2.24, 2.45) is 7.05 Å². The van der Waals surface area contributed by atoms with Gasteiger partial charge < -0.3 is 10.2 Å². The molecule has 20 heavy (non-hydrogen) atoms.